The third-order valence-corrected chi connectivity index (χ3v) is 2.99. The number of hydrogen-bond acceptors (Lipinski definition) is 3. The Bertz CT molecular complexity index is 677. The third kappa shape index (κ3) is 3.07. The third-order valence-electron chi connectivity index (χ3n) is 2.99. The minimum absolute atomic E-state index is 0.0193. The van der Waals surface area contributed by atoms with Gasteiger partial charge in [-0.25, -0.2) is 4.79 Å². The molecule has 1 N–H and O–H groups in total. The number of nitriles is 1. The minimum Gasteiger partial charge on any atom is -0.462 e. The summed E-state index contributed by atoms with van der Waals surface area (Å²) in [6.45, 7) is 2.36. The predicted molar refractivity (Wildman–Crippen MR) is 77.8 cm³/mol. The van der Waals surface area contributed by atoms with E-state index in [-0.39, 0.29) is 5.57 Å². The molecular formula is C16H16N2O2. The maximum Gasteiger partial charge on any atom is 0.348 e. The van der Waals surface area contributed by atoms with E-state index in [4.69, 9.17) is 10.00 Å². The lowest BCUT2D eigenvalue weighted by atomic mass is 10.1. The lowest BCUT2D eigenvalue weighted by molar-refractivity contribution is -0.138. The highest BCUT2D eigenvalue weighted by Gasteiger charge is 2.11. The summed E-state index contributed by atoms with van der Waals surface area (Å²) in [7, 11) is 0. The quantitative estimate of drug-likeness (QED) is 0.391. The SMILES string of the molecule is CCCCOC(=O)/C(C#N)=C/c1c[nH]c2ccccc12. The number of esters is 1. The van der Waals surface area contributed by atoms with Gasteiger partial charge in [0.05, 0.1) is 6.61 Å². The zero-order chi connectivity index (χ0) is 14.4. The number of para-hydroxylation sites is 1. The highest BCUT2D eigenvalue weighted by Crippen LogP contribution is 2.20. The van der Waals surface area contributed by atoms with Crippen molar-refractivity contribution in [1.82, 2.24) is 4.98 Å². The molecule has 0 amide bonds. The van der Waals surface area contributed by atoms with Crippen LogP contribution in [-0.4, -0.2) is 17.6 Å². The molecule has 0 atom stereocenters. The molecule has 0 bridgehead atoms. The molecule has 1 aromatic heterocycles. The molecule has 0 spiro atoms. The van der Waals surface area contributed by atoms with Crippen LogP contribution >= 0.6 is 0 Å². The van der Waals surface area contributed by atoms with Crippen molar-refractivity contribution < 1.29 is 9.53 Å². The normalized spacial score (nSPS) is 11.3. The molecule has 0 fully saturated rings. The summed E-state index contributed by atoms with van der Waals surface area (Å²) < 4.78 is 5.06. The van der Waals surface area contributed by atoms with Crippen LogP contribution in [0.15, 0.2) is 36.0 Å². The van der Waals surface area contributed by atoms with Gasteiger partial charge in [0.2, 0.25) is 0 Å². The van der Waals surface area contributed by atoms with Gasteiger partial charge in [0, 0.05) is 22.7 Å². The Morgan fingerprint density at radius 3 is 3.00 bits per heavy atom. The van der Waals surface area contributed by atoms with Crippen molar-refractivity contribution in [3.05, 3.63) is 41.6 Å². The van der Waals surface area contributed by atoms with Gasteiger partial charge in [0.25, 0.3) is 0 Å². The number of benzene rings is 1. The van der Waals surface area contributed by atoms with Gasteiger partial charge in [-0.3, -0.25) is 0 Å². The lowest BCUT2D eigenvalue weighted by Gasteiger charge is -2.02. The number of carbonyl (C=O) groups excluding carboxylic acids is 1. The first-order valence-corrected chi connectivity index (χ1v) is 6.61. The van der Waals surface area contributed by atoms with Crippen LogP contribution in [-0.2, 0) is 9.53 Å². The molecule has 0 radical (unpaired) electrons. The summed E-state index contributed by atoms with van der Waals surface area (Å²) in [6, 6.07) is 9.63. The second-order valence-corrected chi connectivity index (χ2v) is 4.45. The van der Waals surface area contributed by atoms with Crippen molar-refractivity contribution in [3.63, 3.8) is 0 Å². The monoisotopic (exact) mass is 268 g/mol. The Hall–Kier alpha value is -2.54. The molecule has 1 aromatic carbocycles. The number of nitrogens with one attached hydrogen (secondary N) is 1. The average Bonchev–Trinajstić information content (AvgIpc) is 2.88. The maximum absolute atomic E-state index is 11.8. The van der Waals surface area contributed by atoms with Crippen LogP contribution in [0.1, 0.15) is 25.3 Å². The van der Waals surface area contributed by atoms with Crippen LogP contribution in [0.2, 0.25) is 0 Å². The van der Waals surface area contributed by atoms with Crippen LogP contribution in [0.4, 0.5) is 0 Å². The Morgan fingerprint density at radius 2 is 2.25 bits per heavy atom. The molecule has 0 aliphatic carbocycles. The summed E-state index contributed by atoms with van der Waals surface area (Å²) in [5.41, 5.74) is 1.80. The van der Waals surface area contributed by atoms with Gasteiger partial charge < -0.3 is 9.72 Å². The van der Waals surface area contributed by atoms with Crippen molar-refractivity contribution in [2.75, 3.05) is 6.61 Å². The molecule has 20 heavy (non-hydrogen) atoms. The zero-order valence-electron chi connectivity index (χ0n) is 11.3. The van der Waals surface area contributed by atoms with E-state index in [9.17, 15) is 4.79 Å². The largest absolute Gasteiger partial charge is 0.462 e. The number of hydrogen-bond donors (Lipinski definition) is 1. The molecule has 0 aliphatic heterocycles. The minimum atomic E-state index is -0.564. The first-order valence-electron chi connectivity index (χ1n) is 6.61. The van der Waals surface area contributed by atoms with Crippen molar-refractivity contribution in [2.24, 2.45) is 0 Å². The fourth-order valence-corrected chi connectivity index (χ4v) is 1.89. The molecule has 2 rings (SSSR count). The van der Waals surface area contributed by atoms with Crippen molar-refractivity contribution in [2.45, 2.75) is 19.8 Å². The van der Waals surface area contributed by atoms with Gasteiger partial charge >= 0.3 is 5.97 Å². The van der Waals surface area contributed by atoms with Crippen LogP contribution in [0, 0.1) is 11.3 Å². The summed E-state index contributed by atoms with van der Waals surface area (Å²) >= 11 is 0. The highest BCUT2D eigenvalue weighted by atomic mass is 16.5. The van der Waals surface area contributed by atoms with E-state index >= 15 is 0 Å². The van der Waals surface area contributed by atoms with Gasteiger partial charge in [-0.15, -0.1) is 0 Å². The van der Waals surface area contributed by atoms with Crippen LogP contribution in [0.25, 0.3) is 17.0 Å². The number of H-pyrrole nitrogens is 1. The van der Waals surface area contributed by atoms with Gasteiger partial charge in [0.1, 0.15) is 11.6 Å². The number of ether oxygens (including phenoxy) is 1. The standard InChI is InChI=1S/C16H16N2O2/c1-2-3-8-20-16(19)12(10-17)9-13-11-18-15-7-5-4-6-14(13)15/h4-7,9,11,18H,2-3,8H2,1H3/b12-9+. The Labute approximate surface area is 117 Å². The van der Waals surface area contributed by atoms with Gasteiger partial charge in [-0.2, -0.15) is 5.26 Å². The van der Waals surface area contributed by atoms with E-state index in [0.717, 1.165) is 29.3 Å². The smallest absolute Gasteiger partial charge is 0.348 e. The van der Waals surface area contributed by atoms with Crippen LogP contribution < -0.4 is 0 Å². The Morgan fingerprint density at radius 1 is 1.45 bits per heavy atom. The van der Waals surface area contributed by atoms with E-state index < -0.39 is 5.97 Å². The zero-order valence-corrected chi connectivity index (χ0v) is 11.3. The van der Waals surface area contributed by atoms with Crippen LogP contribution in [0.3, 0.4) is 0 Å². The van der Waals surface area contributed by atoms with Crippen molar-refractivity contribution >= 4 is 22.9 Å². The van der Waals surface area contributed by atoms with E-state index in [1.54, 1.807) is 12.3 Å². The van der Waals surface area contributed by atoms with Gasteiger partial charge in [-0.05, 0) is 18.6 Å². The molecule has 2 aromatic rings. The molecule has 0 saturated carbocycles. The van der Waals surface area contributed by atoms with E-state index in [1.807, 2.05) is 37.3 Å². The Balaban J connectivity index is 2.23. The van der Waals surface area contributed by atoms with Gasteiger partial charge in [0.15, 0.2) is 0 Å². The summed E-state index contributed by atoms with van der Waals surface area (Å²) in [5.74, 6) is -0.564. The lowest BCUT2D eigenvalue weighted by Crippen LogP contribution is -2.07. The molecule has 102 valence electrons. The second kappa shape index (κ2) is 6.58. The summed E-state index contributed by atoms with van der Waals surface area (Å²) in [4.78, 5) is 14.9. The molecule has 4 heteroatoms. The number of fused-ring (bicyclic) bond motifs is 1. The first kappa shape index (κ1) is 13.9. The molecule has 4 nitrogen and oxygen atoms in total. The van der Waals surface area contributed by atoms with Crippen LogP contribution in [0.5, 0.6) is 0 Å². The molecule has 1 heterocycles. The first-order chi connectivity index (χ1) is 9.76. The van der Waals surface area contributed by atoms with Crippen molar-refractivity contribution in [3.8, 4) is 6.07 Å². The molecular weight excluding hydrogens is 252 g/mol. The average molecular weight is 268 g/mol. The maximum atomic E-state index is 11.8. The fraction of sp³-hybridized carbons (Fsp3) is 0.250. The fourth-order valence-electron chi connectivity index (χ4n) is 1.89. The summed E-state index contributed by atoms with van der Waals surface area (Å²) in [6.07, 6.45) is 5.09. The van der Waals surface area contributed by atoms with Gasteiger partial charge in [-0.1, -0.05) is 31.5 Å². The van der Waals surface area contributed by atoms with Crippen molar-refractivity contribution in [1.29, 1.82) is 5.26 Å². The summed E-state index contributed by atoms with van der Waals surface area (Å²) in [5, 5.41) is 10.1. The second-order valence-electron chi connectivity index (χ2n) is 4.45. The van der Waals surface area contributed by atoms with E-state index in [2.05, 4.69) is 4.98 Å². The number of aromatic nitrogens is 1. The topological polar surface area (TPSA) is 65.9 Å². The number of nitrogens with zero attached hydrogens (tertiary/aromatic N) is 1. The van der Waals surface area contributed by atoms with E-state index in [1.165, 1.54) is 0 Å². The number of aromatic amines is 1. The molecule has 0 aliphatic rings. The molecule has 0 unspecified atom stereocenters. The highest BCUT2D eigenvalue weighted by molar-refractivity contribution is 6.01. The number of carbonyl (C=O) groups is 1. The number of unbranched alkanes of at least 4 members (excludes halogenated alkanes) is 1. The predicted octanol–water partition coefficient (Wildman–Crippen LogP) is 3.42. The molecule has 0 saturated heterocycles. The van der Waals surface area contributed by atoms with E-state index in [0.29, 0.717) is 6.61 Å². The number of rotatable bonds is 5. The Kier molecular flexibility index (Phi) is 4.56.